The molecule has 0 radical (unpaired) electrons. The van der Waals surface area contributed by atoms with Gasteiger partial charge in [-0.15, -0.1) is 0 Å². The number of methoxy groups -OCH3 is 1. The van der Waals surface area contributed by atoms with Crippen molar-refractivity contribution in [1.82, 2.24) is 10.2 Å². The molecule has 5 nitrogen and oxygen atoms in total. The van der Waals surface area contributed by atoms with Crippen LogP contribution in [0.15, 0.2) is 46.9 Å². The summed E-state index contributed by atoms with van der Waals surface area (Å²) >= 11 is 3.19. The van der Waals surface area contributed by atoms with Crippen LogP contribution in [0, 0.1) is 5.82 Å². The van der Waals surface area contributed by atoms with Crippen molar-refractivity contribution in [2.24, 2.45) is 0 Å². The quantitative estimate of drug-likeness (QED) is 0.661. The summed E-state index contributed by atoms with van der Waals surface area (Å²) in [6.07, 6.45) is 2.29. The van der Waals surface area contributed by atoms with Crippen LogP contribution in [-0.2, 0) is 4.79 Å². The van der Waals surface area contributed by atoms with Gasteiger partial charge in [-0.05, 0) is 50.2 Å². The Labute approximate surface area is 172 Å². The molecule has 7 heteroatoms. The van der Waals surface area contributed by atoms with Crippen molar-refractivity contribution in [3.8, 4) is 11.5 Å². The van der Waals surface area contributed by atoms with Crippen molar-refractivity contribution in [2.45, 2.75) is 18.9 Å². The van der Waals surface area contributed by atoms with Gasteiger partial charge in [-0.2, -0.15) is 0 Å². The van der Waals surface area contributed by atoms with E-state index in [4.69, 9.17) is 9.47 Å². The van der Waals surface area contributed by atoms with Crippen LogP contribution in [0.5, 0.6) is 11.5 Å². The van der Waals surface area contributed by atoms with Gasteiger partial charge < -0.3 is 14.8 Å². The Morgan fingerprint density at radius 1 is 1.21 bits per heavy atom. The van der Waals surface area contributed by atoms with Crippen LogP contribution in [0.3, 0.4) is 0 Å². The summed E-state index contributed by atoms with van der Waals surface area (Å²) in [5, 5.41) is 2.92. The summed E-state index contributed by atoms with van der Waals surface area (Å²) in [6, 6.07) is 12.4. The monoisotopic (exact) mass is 450 g/mol. The highest BCUT2D eigenvalue weighted by atomic mass is 79.9. The van der Waals surface area contributed by atoms with Crippen molar-refractivity contribution in [3.63, 3.8) is 0 Å². The van der Waals surface area contributed by atoms with E-state index in [0.29, 0.717) is 11.0 Å². The van der Waals surface area contributed by atoms with Gasteiger partial charge in [0.2, 0.25) is 0 Å². The van der Waals surface area contributed by atoms with Crippen LogP contribution in [0.4, 0.5) is 4.39 Å². The Balaban J connectivity index is 1.62. The smallest absolute Gasteiger partial charge is 0.258 e. The molecule has 0 bridgehead atoms. The number of rotatable bonds is 8. The van der Waals surface area contributed by atoms with Crippen LogP contribution < -0.4 is 14.8 Å². The molecule has 0 saturated carbocycles. The Kier molecular flexibility index (Phi) is 7.28. The van der Waals surface area contributed by atoms with Crippen LogP contribution in [0.2, 0.25) is 0 Å². The first-order chi connectivity index (χ1) is 13.6. The normalized spacial score (nSPS) is 15.2. The zero-order valence-corrected chi connectivity index (χ0v) is 17.4. The third-order valence-electron chi connectivity index (χ3n) is 4.82. The minimum Gasteiger partial charge on any atom is -0.496 e. The maximum Gasteiger partial charge on any atom is 0.258 e. The molecule has 3 rings (SSSR count). The second-order valence-electron chi connectivity index (χ2n) is 6.67. The van der Waals surface area contributed by atoms with E-state index < -0.39 is 5.82 Å². The molecule has 28 heavy (non-hydrogen) atoms. The number of hydrogen-bond acceptors (Lipinski definition) is 4. The van der Waals surface area contributed by atoms with Gasteiger partial charge in [0, 0.05) is 16.6 Å². The fourth-order valence-electron chi connectivity index (χ4n) is 3.43. The Morgan fingerprint density at radius 2 is 1.96 bits per heavy atom. The largest absolute Gasteiger partial charge is 0.496 e. The Hall–Kier alpha value is -2.12. The first kappa shape index (κ1) is 20.6. The maximum atomic E-state index is 13.8. The van der Waals surface area contributed by atoms with Gasteiger partial charge in [-0.1, -0.05) is 34.1 Å². The average molecular weight is 451 g/mol. The van der Waals surface area contributed by atoms with Crippen LogP contribution in [-0.4, -0.2) is 44.2 Å². The Morgan fingerprint density at radius 3 is 2.68 bits per heavy atom. The molecule has 1 atom stereocenters. The minimum absolute atomic E-state index is 0.0204. The highest BCUT2D eigenvalue weighted by Gasteiger charge is 2.26. The van der Waals surface area contributed by atoms with Crippen LogP contribution >= 0.6 is 15.9 Å². The van der Waals surface area contributed by atoms with E-state index in [-0.39, 0.29) is 24.3 Å². The van der Waals surface area contributed by atoms with Crippen molar-refractivity contribution in [1.29, 1.82) is 0 Å². The van der Waals surface area contributed by atoms with E-state index in [1.165, 1.54) is 12.1 Å². The predicted octanol–water partition coefficient (Wildman–Crippen LogP) is 3.93. The molecule has 2 aromatic carbocycles. The standard InChI is InChI=1S/C21H24BrFN2O3/c1-27-19-7-3-2-6-16(19)18(25-10-4-5-11-25)13-24-21(26)14-28-20-9-8-15(22)12-17(20)23/h2-3,6-9,12,18H,4-5,10-11,13-14H2,1H3,(H,24,26). The summed E-state index contributed by atoms with van der Waals surface area (Å²) in [5.41, 5.74) is 1.05. The number of para-hydroxylation sites is 1. The van der Waals surface area contributed by atoms with Gasteiger partial charge in [0.15, 0.2) is 18.2 Å². The number of hydrogen-bond donors (Lipinski definition) is 1. The molecular weight excluding hydrogens is 427 g/mol. The number of likely N-dealkylation sites (tertiary alicyclic amines) is 1. The van der Waals surface area contributed by atoms with E-state index >= 15 is 0 Å². The number of benzene rings is 2. The molecule has 0 aromatic heterocycles. The molecule has 1 aliphatic rings. The molecule has 1 N–H and O–H groups in total. The zero-order valence-electron chi connectivity index (χ0n) is 15.8. The maximum absolute atomic E-state index is 13.8. The average Bonchev–Trinajstić information content (AvgIpc) is 3.22. The summed E-state index contributed by atoms with van der Waals surface area (Å²) in [6.45, 7) is 2.17. The van der Waals surface area contributed by atoms with E-state index in [1.807, 2.05) is 24.3 Å². The lowest BCUT2D eigenvalue weighted by Gasteiger charge is -2.29. The topological polar surface area (TPSA) is 50.8 Å². The molecular formula is C21H24BrFN2O3. The molecule has 0 spiro atoms. The third kappa shape index (κ3) is 5.23. The molecule has 1 aliphatic heterocycles. The van der Waals surface area contributed by atoms with Gasteiger partial charge in [-0.3, -0.25) is 9.69 Å². The predicted molar refractivity (Wildman–Crippen MR) is 109 cm³/mol. The number of nitrogens with zero attached hydrogens (tertiary/aromatic N) is 1. The van der Waals surface area contributed by atoms with Crippen molar-refractivity contribution in [2.75, 3.05) is 33.4 Å². The van der Waals surface area contributed by atoms with Gasteiger partial charge in [0.05, 0.1) is 13.2 Å². The second kappa shape index (κ2) is 9.89. The number of carbonyl (C=O) groups is 1. The zero-order chi connectivity index (χ0) is 19.9. The first-order valence-electron chi connectivity index (χ1n) is 9.30. The highest BCUT2D eigenvalue weighted by Crippen LogP contribution is 2.31. The van der Waals surface area contributed by atoms with E-state index in [0.717, 1.165) is 37.2 Å². The fraction of sp³-hybridized carbons (Fsp3) is 0.381. The summed E-state index contributed by atoms with van der Waals surface area (Å²) in [4.78, 5) is 14.6. The van der Waals surface area contributed by atoms with Gasteiger partial charge in [-0.25, -0.2) is 4.39 Å². The van der Waals surface area contributed by atoms with Crippen molar-refractivity contribution < 1.29 is 18.7 Å². The van der Waals surface area contributed by atoms with Gasteiger partial charge in [0.25, 0.3) is 5.91 Å². The number of carbonyl (C=O) groups excluding carboxylic acids is 1. The number of nitrogens with one attached hydrogen (secondary N) is 1. The summed E-state index contributed by atoms with van der Waals surface area (Å²) in [5.74, 6) is 0.0635. The van der Waals surface area contributed by atoms with Crippen molar-refractivity contribution >= 4 is 21.8 Å². The summed E-state index contributed by atoms with van der Waals surface area (Å²) < 4.78 is 25.3. The minimum atomic E-state index is -0.508. The number of halogens is 2. The third-order valence-corrected chi connectivity index (χ3v) is 5.32. The number of ether oxygens (including phenoxy) is 2. The molecule has 150 valence electrons. The van der Waals surface area contributed by atoms with Gasteiger partial charge >= 0.3 is 0 Å². The lowest BCUT2D eigenvalue weighted by molar-refractivity contribution is -0.123. The lowest BCUT2D eigenvalue weighted by atomic mass is 10.0. The van der Waals surface area contributed by atoms with Gasteiger partial charge in [0.1, 0.15) is 5.75 Å². The molecule has 1 saturated heterocycles. The SMILES string of the molecule is COc1ccccc1C(CNC(=O)COc1ccc(Br)cc1F)N1CCCC1. The molecule has 2 aromatic rings. The number of amides is 1. The van der Waals surface area contributed by atoms with Crippen molar-refractivity contribution in [3.05, 3.63) is 58.3 Å². The van der Waals surface area contributed by atoms with Crippen LogP contribution in [0.25, 0.3) is 0 Å². The van der Waals surface area contributed by atoms with Crippen LogP contribution in [0.1, 0.15) is 24.4 Å². The molecule has 1 amide bonds. The molecule has 1 unspecified atom stereocenters. The lowest BCUT2D eigenvalue weighted by Crippen LogP contribution is -2.38. The molecule has 0 aliphatic carbocycles. The Bertz CT molecular complexity index is 812. The summed E-state index contributed by atoms with van der Waals surface area (Å²) in [7, 11) is 1.65. The second-order valence-corrected chi connectivity index (χ2v) is 7.58. The van der Waals surface area contributed by atoms with E-state index in [2.05, 4.69) is 26.1 Å². The molecule has 1 heterocycles. The van der Waals surface area contributed by atoms with E-state index in [9.17, 15) is 9.18 Å². The van der Waals surface area contributed by atoms with E-state index in [1.54, 1.807) is 13.2 Å². The first-order valence-corrected chi connectivity index (χ1v) is 10.1. The fourth-order valence-corrected chi connectivity index (χ4v) is 3.76. The molecule has 1 fully saturated rings. The highest BCUT2D eigenvalue weighted by molar-refractivity contribution is 9.10.